The summed E-state index contributed by atoms with van der Waals surface area (Å²) in [6.07, 6.45) is -0.553. The fraction of sp³-hybridized carbons (Fsp3) is 0.667. The molecule has 0 aromatic carbocycles. The number of fused-ring (bicyclic) bond motifs is 1. The molecular weight excluding hydrogens is 262 g/mol. The fourth-order valence-electron chi connectivity index (χ4n) is 1.65. The van der Waals surface area contributed by atoms with Gasteiger partial charge in [-0.25, -0.2) is 0 Å². The van der Waals surface area contributed by atoms with E-state index in [0.29, 0.717) is 10.6 Å². The number of nitrogens with zero attached hydrogens (tertiary/aromatic N) is 3. The Morgan fingerprint density at radius 2 is 2.33 bits per heavy atom. The van der Waals surface area contributed by atoms with E-state index >= 15 is 0 Å². The number of aliphatic hydroxyl groups excluding tert-OH is 1. The maximum absolute atomic E-state index is 10.00. The summed E-state index contributed by atoms with van der Waals surface area (Å²) in [5, 5.41) is 10.00. The third kappa shape index (κ3) is 1.77. The molecule has 2 atom stereocenters. The molecule has 0 saturated carbocycles. The summed E-state index contributed by atoms with van der Waals surface area (Å²) in [7, 11) is 3.63. The first-order valence-corrected chi connectivity index (χ1v) is 5.57. The maximum Gasteiger partial charge on any atom is 0.298 e. The molecule has 0 saturated heterocycles. The molecule has 15 heavy (non-hydrogen) atoms. The van der Waals surface area contributed by atoms with Gasteiger partial charge in [0.15, 0.2) is 6.23 Å². The molecule has 1 N–H and O–H groups in total. The molecule has 2 heterocycles. The summed E-state index contributed by atoms with van der Waals surface area (Å²) in [6.45, 7) is 2.71. The van der Waals surface area contributed by atoms with Gasteiger partial charge in [0.25, 0.3) is 6.01 Å². The van der Waals surface area contributed by atoms with Gasteiger partial charge in [-0.05, 0) is 36.9 Å². The Labute approximate surface area is 96.8 Å². The molecule has 0 fully saturated rings. The van der Waals surface area contributed by atoms with Crippen LogP contribution in [0.25, 0.3) is 0 Å². The molecule has 1 aliphatic heterocycles. The number of imidazole rings is 1. The Balaban J connectivity index is 2.40. The molecule has 1 aromatic heterocycles. The lowest BCUT2D eigenvalue weighted by molar-refractivity contribution is 0.0322. The average molecular weight is 276 g/mol. The SMILES string of the molecule is CC1Cn2c(nc(Br)c2C(O)N(C)C)O1. The van der Waals surface area contributed by atoms with E-state index in [9.17, 15) is 5.11 Å². The third-order valence-electron chi connectivity index (χ3n) is 2.41. The van der Waals surface area contributed by atoms with Crippen molar-refractivity contribution in [2.75, 3.05) is 14.1 Å². The number of aliphatic hydroxyl groups is 1. The van der Waals surface area contributed by atoms with Crippen LogP contribution in [-0.2, 0) is 6.54 Å². The minimum atomic E-state index is -0.672. The van der Waals surface area contributed by atoms with Crippen LogP contribution in [0.5, 0.6) is 6.01 Å². The predicted molar refractivity (Wildman–Crippen MR) is 58.7 cm³/mol. The second-order valence-electron chi connectivity index (χ2n) is 3.95. The van der Waals surface area contributed by atoms with Crippen molar-refractivity contribution in [3.8, 4) is 6.01 Å². The number of hydrogen-bond donors (Lipinski definition) is 1. The Morgan fingerprint density at radius 3 is 2.93 bits per heavy atom. The summed E-state index contributed by atoms with van der Waals surface area (Å²) in [6, 6.07) is 0.574. The molecule has 6 heteroatoms. The zero-order chi connectivity index (χ0) is 11.2. The Bertz CT molecular complexity index is 378. The van der Waals surface area contributed by atoms with Gasteiger partial charge in [-0.2, -0.15) is 4.98 Å². The van der Waals surface area contributed by atoms with E-state index in [1.807, 2.05) is 25.6 Å². The molecule has 0 amide bonds. The fourth-order valence-corrected chi connectivity index (χ4v) is 2.22. The number of aromatic nitrogens is 2. The van der Waals surface area contributed by atoms with Crippen molar-refractivity contribution in [1.82, 2.24) is 14.5 Å². The van der Waals surface area contributed by atoms with Gasteiger partial charge in [0.2, 0.25) is 0 Å². The van der Waals surface area contributed by atoms with E-state index in [-0.39, 0.29) is 6.10 Å². The van der Waals surface area contributed by atoms with Crippen LogP contribution in [0.15, 0.2) is 4.60 Å². The number of ether oxygens (including phenoxy) is 1. The number of hydrogen-bond acceptors (Lipinski definition) is 4. The second kappa shape index (κ2) is 3.77. The highest BCUT2D eigenvalue weighted by Gasteiger charge is 2.30. The van der Waals surface area contributed by atoms with E-state index in [1.54, 1.807) is 4.90 Å². The zero-order valence-corrected chi connectivity index (χ0v) is 10.5. The van der Waals surface area contributed by atoms with Crippen LogP contribution < -0.4 is 4.74 Å². The van der Waals surface area contributed by atoms with Gasteiger partial charge in [-0.3, -0.25) is 9.47 Å². The van der Waals surface area contributed by atoms with Crippen molar-refractivity contribution in [1.29, 1.82) is 0 Å². The highest BCUT2D eigenvalue weighted by atomic mass is 79.9. The molecule has 1 aliphatic rings. The Hall–Kier alpha value is -0.590. The highest BCUT2D eigenvalue weighted by Crippen LogP contribution is 2.33. The van der Waals surface area contributed by atoms with E-state index in [0.717, 1.165) is 12.2 Å². The van der Waals surface area contributed by atoms with Gasteiger partial charge in [0, 0.05) is 0 Å². The predicted octanol–water partition coefficient (Wildman–Crippen LogP) is 0.979. The lowest BCUT2D eigenvalue weighted by Crippen LogP contribution is -2.22. The smallest absolute Gasteiger partial charge is 0.298 e. The van der Waals surface area contributed by atoms with Gasteiger partial charge in [-0.15, -0.1) is 0 Å². The molecular formula is C9H14BrN3O2. The maximum atomic E-state index is 10.00. The highest BCUT2D eigenvalue weighted by molar-refractivity contribution is 9.10. The average Bonchev–Trinajstić information content (AvgIpc) is 2.58. The Kier molecular flexibility index (Phi) is 2.74. The van der Waals surface area contributed by atoms with Crippen molar-refractivity contribution in [2.45, 2.75) is 25.8 Å². The van der Waals surface area contributed by atoms with Crippen LogP contribution >= 0.6 is 15.9 Å². The van der Waals surface area contributed by atoms with Crippen molar-refractivity contribution >= 4 is 15.9 Å². The minimum absolute atomic E-state index is 0.119. The summed E-state index contributed by atoms with van der Waals surface area (Å²) in [5.41, 5.74) is 0.749. The van der Waals surface area contributed by atoms with E-state index in [1.165, 1.54) is 0 Å². The molecule has 84 valence electrons. The molecule has 5 nitrogen and oxygen atoms in total. The first-order valence-electron chi connectivity index (χ1n) is 4.77. The van der Waals surface area contributed by atoms with Crippen molar-refractivity contribution in [2.24, 2.45) is 0 Å². The van der Waals surface area contributed by atoms with Crippen LogP contribution in [0, 0.1) is 0 Å². The molecule has 1 aromatic rings. The van der Waals surface area contributed by atoms with E-state index < -0.39 is 6.23 Å². The van der Waals surface area contributed by atoms with E-state index in [4.69, 9.17) is 4.74 Å². The van der Waals surface area contributed by atoms with Gasteiger partial charge < -0.3 is 9.84 Å². The lowest BCUT2D eigenvalue weighted by atomic mass is 10.3. The van der Waals surface area contributed by atoms with E-state index in [2.05, 4.69) is 20.9 Å². The van der Waals surface area contributed by atoms with Crippen LogP contribution in [0.3, 0.4) is 0 Å². The summed E-state index contributed by atoms with van der Waals surface area (Å²) >= 11 is 3.33. The standard InChI is InChI=1S/C9H14BrN3O2/c1-5-4-13-6(8(14)12(2)3)7(10)11-9(13)15-5/h5,8,14H,4H2,1-3H3. The van der Waals surface area contributed by atoms with Crippen molar-refractivity contribution in [3.63, 3.8) is 0 Å². The van der Waals surface area contributed by atoms with Crippen molar-refractivity contribution < 1.29 is 9.84 Å². The first-order chi connectivity index (χ1) is 7.00. The quantitative estimate of drug-likeness (QED) is 0.818. The molecule has 2 unspecified atom stereocenters. The van der Waals surface area contributed by atoms with Gasteiger partial charge >= 0.3 is 0 Å². The normalized spacial score (nSPS) is 21.6. The van der Waals surface area contributed by atoms with Gasteiger partial charge in [0.05, 0.1) is 12.2 Å². The molecule has 0 bridgehead atoms. The first kappa shape index (κ1) is 10.9. The zero-order valence-electron chi connectivity index (χ0n) is 8.94. The summed E-state index contributed by atoms with van der Waals surface area (Å²) < 4.78 is 8.04. The number of halogens is 1. The van der Waals surface area contributed by atoms with Crippen LogP contribution in [0.1, 0.15) is 18.8 Å². The van der Waals surface area contributed by atoms with Crippen LogP contribution in [-0.4, -0.2) is 39.8 Å². The van der Waals surface area contributed by atoms with Crippen LogP contribution in [0.2, 0.25) is 0 Å². The second-order valence-corrected chi connectivity index (χ2v) is 4.70. The third-order valence-corrected chi connectivity index (χ3v) is 2.99. The van der Waals surface area contributed by atoms with Crippen molar-refractivity contribution in [3.05, 3.63) is 10.3 Å². The summed E-state index contributed by atoms with van der Waals surface area (Å²) in [5.74, 6) is 0. The molecule has 2 rings (SSSR count). The molecule has 0 radical (unpaired) electrons. The molecule has 0 spiro atoms. The summed E-state index contributed by atoms with van der Waals surface area (Å²) in [4.78, 5) is 5.94. The topological polar surface area (TPSA) is 50.5 Å². The molecule has 0 aliphatic carbocycles. The Morgan fingerprint density at radius 1 is 1.67 bits per heavy atom. The largest absolute Gasteiger partial charge is 0.460 e. The van der Waals surface area contributed by atoms with Crippen LogP contribution in [0.4, 0.5) is 0 Å². The monoisotopic (exact) mass is 275 g/mol. The number of rotatable bonds is 2. The van der Waals surface area contributed by atoms with Gasteiger partial charge in [-0.1, -0.05) is 0 Å². The lowest BCUT2D eigenvalue weighted by Gasteiger charge is -2.19. The van der Waals surface area contributed by atoms with Gasteiger partial charge in [0.1, 0.15) is 10.7 Å². The minimum Gasteiger partial charge on any atom is -0.460 e.